The summed E-state index contributed by atoms with van der Waals surface area (Å²) in [7, 11) is 0. The Hall–Kier alpha value is -3.69. The van der Waals surface area contributed by atoms with E-state index in [0.29, 0.717) is 38.6 Å². The molecule has 1 N–H and O–H groups in total. The highest BCUT2D eigenvalue weighted by molar-refractivity contribution is 6.29. The number of anilines is 1. The first-order chi connectivity index (χ1) is 15.3. The zero-order chi connectivity index (χ0) is 23.0. The number of nitrogens with one attached hydrogen (secondary N) is 1. The van der Waals surface area contributed by atoms with Crippen LogP contribution in [0.1, 0.15) is 40.9 Å². The van der Waals surface area contributed by atoms with Crippen molar-refractivity contribution in [3.05, 3.63) is 86.0 Å². The number of hydrogen-bond donors (Lipinski definition) is 1. The van der Waals surface area contributed by atoms with Crippen LogP contribution in [0.2, 0.25) is 5.15 Å². The highest BCUT2D eigenvalue weighted by atomic mass is 35.5. The topological polar surface area (TPSA) is 91.8 Å². The fourth-order valence-corrected chi connectivity index (χ4v) is 3.97. The van der Waals surface area contributed by atoms with E-state index in [1.807, 2.05) is 39.0 Å². The van der Waals surface area contributed by atoms with Gasteiger partial charge in [-0.3, -0.25) is 9.78 Å². The number of benzene rings is 1. The molecular formula is C25H21ClN4O2. The first-order valence-corrected chi connectivity index (χ1v) is 10.5. The van der Waals surface area contributed by atoms with Gasteiger partial charge < -0.3 is 9.73 Å². The third-order valence-electron chi connectivity index (χ3n) is 5.41. The number of hydrogen-bond acceptors (Lipinski definition) is 6. The van der Waals surface area contributed by atoms with Gasteiger partial charge in [0, 0.05) is 29.1 Å². The molecule has 1 unspecified atom stereocenters. The van der Waals surface area contributed by atoms with Crippen molar-refractivity contribution in [3.8, 4) is 17.4 Å². The zero-order valence-corrected chi connectivity index (χ0v) is 18.9. The molecule has 4 aromatic rings. The van der Waals surface area contributed by atoms with Gasteiger partial charge in [0.05, 0.1) is 28.4 Å². The quantitative estimate of drug-likeness (QED) is 0.395. The van der Waals surface area contributed by atoms with Gasteiger partial charge in [-0.05, 0) is 57.5 Å². The lowest BCUT2D eigenvalue weighted by molar-refractivity contribution is 0.605. The molecule has 0 amide bonds. The molecule has 0 aliphatic rings. The number of nitriles is 1. The summed E-state index contributed by atoms with van der Waals surface area (Å²) >= 11 is 5.99. The second-order valence-corrected chi connectivity index (χ2v) is 8.21. The van der Waals surface area contributed by atoms with Crippen molar-refractivity contribution in [2.75, 3.05) is 5.32 Å². The molecule has 0 radical (unpaired) electrons. The molecule has 4 rings (SSSR count). The molecule has 1 aromatic carbocycles. The van der Waals surface area contributed by atoms with Gasteiger partial charge in [-0.2, -0.15) is 5.26 Å². The van der Waals surface area contributed by atoms with E-state index in [1.165, 1.54) is 6.20 Å². The van der Waals surface area contributed by atoms with Crippen LogP contribution in [-0.2, 0) is 0 Å². The predicted octanol–water partition coefficient (Wildman–Crippen LogP) is 5.87. The molecule has 0 aliphatic heterocycles. The van der Waals surface area contributed by atoms with E-state index in [4.69, 9.17) is 16.0 Å². The van der Waals surface area contributed by atoms with Crippen molar-refractivity contribution in [2.24, 2.45) is 0 Å². The van der Waals surface area contributed by atoms with Gasteiger partial charge >= 0.3 is 0 Å². The average molecular weight is 445 g/mol. The smallest absolute Gasteiger partial charge is 0.196 e. The minimum Gasteiger partial charge on any atom is -0.455 e. The zero-order valence-electron chi connectivity index (χ0n) is 18.2. The second-order valence-electron chi connectivity index (χ2n) is 7.82. The van der Waals surface area contributed by atoms with Crippen molar-refractivity contribution >= 4 is 28.3 Å². The van der Waals surface area contributed by atoms with Gasteiger partial charge in [-0.25, -0.2) is 4.98 Å². The summed E-state index contributed by atoms with van der Waals surface area (Å²) in [4.78, 5) is 21.7. The maximum atomic E-state index is 13.3. The van der Waals surface area contributed by atoms with Crippen LogP contribution in [0, 0.1) is 32.1 Å². The third kappa shape index (κ3) is 3.95. The predicted molar refractivity (Wildman–Crippen MR) is 126 cm³/mol. The standard InChI is InChI=1S/C25H21ClN4O2/c1-13-7-19(15(3)29-21-5-6-22(26)30-16(21)4)25-20(8-13)23(31)14(2)24(32-25)18-9-17(10-27)11-28-12-18/h5-9,11-12,15,29H,1-4H3. The van der Waals surface area contributed by atoms with Gasteiger partial charge in [0.25, 0.3) is 0 Å². The first kappa shape index (κ1) is 21.5. The van der Waals surface area contributed by atoms with E-state index in [9.17, 15) is 10.1 Å². The van der Waals surface area contributed by atoms with Gasteiger partial charge in [-0.1, -0.05) is 17.7 Å². The fourth-order valence-electron chi connectivity index (χ4n) is 3.78. The highest BCUT2D eigenvalue weighted by Gasteiger charge is 2.19. The lowest BCUT2D eigenvalue weighted by Gasteiger charge is -2.19. The molecule has 32 heavy (non-hydrogen) atoms. The summed E-state index contributed by atoms with van der Waals surface area (Å²) in [5.74, 6) is 0.411. The number of nitrogens with zero attached hydrogens (tertiary/aromatic N) is 3. The number of rotatable bonds is 4. The third-order valence-corrected chi connectivity index (χ3v) is 5.62. The summed E-state index contributed by atoms with van der Waals surface area (Å²) in [6.07, 6.45) is 3.07. The molecule has 1 atom stereocenters. The minimum absolute atomic E-state index is 0.106. The van der Waals surface area contributed by atoms with Crippen LogP contribution < -0.4 is 10.7 Å². The SMILES string of the molecule is Cc1cc(C(C)Nc2ccc(Cl)nc2C)c2oc(-c3cncc(C#N)c3)c(C)c(=O)c2c1. The van der Waals surface area contributed by atoms with Gasteiger partial charge in [-0.15, -0.1) is 0 Å². The van der Waals surface area contributed by atoms with Crippen LogP contribution in [0.3, 0.4) is 0 Å². The van der Waals surface area contributed by atoms with E-state index in [1.54, 1.807) is 25.3 Å². The lowest BCUT2D eigenvalue weighted by atomic mass is 9.99. The molecule has 7 heteroatoms. The molecule has 0 bridgehead atoms. The van der Waals surface area contributed by atoms with Crippen molar-refractivity contribution in [2.45, 2.75) is 33.7 Å². The largest absolute Gasteiger partial charge is 0.455 e. The average Bonchev–Trinajstić information content (AvgIpc) is 2.78. The Labute approximate surface area is 190 Å². The Bertz CT molecular complexity index is 1450. The van der Waals surface area contributed by atoms with Gasteiger partial charge in [0.15, 0.2) is 5.43 Å². The molecule has 0 saturated carbocycles. The van der Waals surface area contributed by atoms with Crippen LogP contribution in [0.15, 0.2) is 51.9 Å². The summed E-state index contributed by atoms with van der Waals surface area (Å²) in [5, 5.41) is 13.6. The van der Waals surface area contributed by atoms with Crippen LogP contribution in [0.4, 0.5) is 5.69 Å². The van der Waals surface area contributed by atoms with Crippen molar-refractivity contribution in [1.29, 1.82) is 5.26 Å². The normalized spacial score (nSPS) is 11.9. The molecular weight excluding hydrogens is 424 g/mol. The first-order valence-electron chi connectivity index (χ1n) is 10.1. The van der Waals surface area contributed by atoms with E-state index < -0.39 is 0 Å². The number of aryl methyl sites for hydroxylation is 2. The molecule has 3 heterocycles. The molecule has 0 spiro atoms. The summed E-state index contributed by atoms with van der Waals surface area (Å²) in [5.41, 5.74) is 5.28. The summed E-state index contributed by atoms with van der Waals surface area (Å²) < 4.78 is 6.33. The van der Waals surface area contributed by atoms with E-state index in [2.05, 4.69) is 21.4 Å². The van der Waals surface area contributed by atoms with Crippen LogP contribution >= 0.6 is 11.6 Å². The van der Waals surface area contributed by atoms with Crippen LogP contribution in [0.25, 0.3) is 22.3 Å². The van der Waals surface area contributed by atoms with Crippen molar-refractivity contribution in [1.82, 2.24) is 9.97 Å². The summed E-state index contributed by atoms with van der Waals surface area (Å²) in [6.45, 7) is 7.56. The monoisotopic (exact) mass is 444 g/mol. The lowest BCUT2D eigenvalue weighted by Crippen LogP contribution is -2.13. The Morgan fingerprint density at radius 1 is 1.16 bits per heavy atom. The van der Waals surface area contributed by atoms with Gasteiger partial charge in [0.2, 0.25) is 0 Å². The van der Waals surface area contributed by atoms with Crippen molar-refractivity contribution in [3.63, 3.8) is 0 Å². The number of pyridine rings is 2. The Kier molecular flexibility index (Phi) is 5.68. The molecule has 0 saturated heterocycles. The number of halogens is 1. The Balaban J connectivity index is 1.90. The maximum Gasteiger partial charge on any atom is 0.196 e. The molecule has 0 fully saturated rings. The number of aromatic nitrogens is 2. The minimum atomic E-state index is -0.179. The maximum absolute atomic E-state index is 13.3. The molecule has 160 valence electrons. The van der Waals surface area contributed by atoms with E-state index in [-0.39, 0.29) is 11.5 Å². The van der Waals surface area contributed by atoms with E-state index in [0.717, 1.165) is 22.5 Å². The molecule has 0 aliphatic carbocycles. The van der Waals surface area contributed by atoms with E-state index >= 15 is 0 Å². The van der Waals surface area contributed by atoms with Crippen LogP contribution in [0.5, 0.6) is 0 Å². The highest BCUT2D eigenvalue weighted by Crippen LogP contribution is 2.32. The second kappa shape index (κ2) is 8.45. The van der Waals surface area contributed by atoms with Crippen molar-refractivity contribution < 1.29 is 4.42 Å². The Morgan fingerprint density at radius 2 is 1.94 bits per heavy atom. The Morgan fingerprint density at radius 3 is 2.66 bits per heavy atom. The fraction of sp³-hybridized carbons (Fsp3) is 0.200. The summed E-state index contributed by atoms with van der Waals surface area (Å²) in [6, 6.07) is 11.0. The van der Waals surface area contributed by atoms with Gasteiger partial charge in [0.1, 0.15) is 22.6 Å². The van der Waals surface area contributed by atoms with Crippen LogP contribution in [-0.4, -0.2) is 9.97 Å². The molecule has 3 aromatic heterocycles. The molecule has 6 nitrogen and oxygen atoms in total. The number of fused-ring (bicyclic) bond motifs is 1.